The zero-order valence-electron chi connectivity index (χ0n) is 9.04. The van der Waals surface area contributed by atoms with Crippen LogP contribution in [0.25, 0.3) is 0 Å². The summed E-state index contributed by atoms with van der Waals surface area (Å²) in [5.41, 5.74) is 5.24. The van der Waals surface area contributed by atoms with Crippen LogP contribution in [0.3, 0.4) is 0 Å². The molecule has 0 aromatic carbocycles. The first kappa shape index (κ1) is 13.1. The standard InChI is InChI=1S/C8H17N5O2S/c9-3-1-8-16(14,15)11-4-2-6-13-7-5-10-12-13/h5,7,11H,1-4,6,8-9H2. The van der Waals surface area contributed by atoms with Crippen molar-refractivity contribution in [3.05, 3.63) is 12.4 Å². The molecule has 0 spiro atoms. The van der Waals surface area contributed by atoms with Crippen molar-refractivity contribution in [2.45, 2.75) is 19.4 Å². The summed E-state index contributed by atoms with van der Waals surface area (Å²) in [5, 5.41) is 7.42. The second kappa shape index (κ2) is 6.56. The Hall–Kier alpha value is -0.990. The van der Waals surface area contributed by atoms with Crippen LogP contribution in [-0.2, 0) is 16.6 Å². The van der Waals surface area contributed by atoms with E-state index in [1.807, 2.05) is 0 Å². The number of rotatable bonds is 8. The third-order valence-corrected chi connectivity index (χ3v) is 3.45. The van der Waals surface area contributed by atoms with E-state index in [0.29, 0.717) is 32.5 Å². The predicted octanol–water partition coefficient (Wildman–Crippen LogP) is -1.06. The summed E-state index contributed by atoms with van der Waals surface area (Å²) in [4.78, 5) is 0. The largest absolute Gasteiger partial charge is 0.330 e. The molecule has 1 heterocycles. The average Bonchev–Trinajstić information content (AvgIpc) is 2.75. The van der Waals surface area contributed by atoms with Gasteiger partial charge in [0.2, 0.25) is 10.0 Å². The molecule has 1 aromatic rings. The lowest BCUT2D eigenvalue weighted by Crippen LogP contribution is -2.28. The van der Waals surface area contributed by atoms with E-state index in [2.05, 4.69) is 15.0 Å². The highest BCUT2D eigenvalue weighted by Crippen LogP contribution is 1.90. The Morgan fingerprint density at radius 3 is 2.81 bits per heavy atom. The summed E-state index contributed by atoms with van der Waals surface area (Å²) < 4.78 is 26.9. The summed E-state index contributed by atoms with van der Waals surface area (Å²) in [6.07, 6.45) is 4.50. The van der Waals surface area contributed by atoms with E-state index in [-0.39, 0.29) is 5.75 Å². The van der Waals surface area contributed by atoms with E-state index in [1.165, 1.54) is 0 Å². The van der Waals surface area contributed by atoms with Crippen molar-refractivity contribution < 1.29 is 8.42 Å². The van der Waals surface area contributed by atoms with E-state index >= 15 is 0 Å². The first-order valence-corrected chi connectivity index (χ1v) is 6.81. The van der Waals surface area contributed by atoms with Gasteiger partial charge in [-0.1, -0.05) is 5.21 Å². The summed E-state index contributed by atoms with van der Waals surface area (Å²) in [5.74, 6) is 0.0901. The molecule has 0 saturated carbocycles. The third kappa shape index (κ3) is 5.19. The van der Waals surface area contributed by atoms with Gasteiger partial charge < -0.3 is 5.73 Å². The maximum absolute atomic E-state index is 11.3. The molecule has 0 aliphatic rings. The van der Waals surface area contributed by atoms with Gasteiger partial charge in [-0.05, 0) is 19.4 Å². The maximum Gasteiger partial charge on any atom is 0.211 e. The zero-order chi connectivity index (χ0) is 11.9. The molecule has 0 bridgehead atoms. The first-order valence-electron chi connectivity index (χ1n) is 5.15. The van der Waals surface area contributed by atoms with Crippen LogP contribution in [0.4, 0.5) is 0 Å². The predicted molar refractivity (Wildman–Crippen MR) is 60.1 cm³/mol. The second-order valence-corrected chi connectivity index (χ2v) is 5.30. The average molecular weight is 247 g/mol. The smallest absolute Gasteiger partial charge is 0.211 e. The van der Waals surface area contributed by atoms with Crippen molar-refractivity contribution >= 4 is 10.0 Å². The van der Waals surface area contributed by atoms with Crippen molar-refractivity contribution in [1.29, 1.82) is 0 Å². The highest BCUT2D eigenvalue weighted by molar-refractivity contribution is 7.89. The van der Waals surface area contributed by atoms with Crippen LogP contribution in [0.15, 0.2) is 12.4 Å². The summed E-state index contributed by atoms with van der Waals surface area (Å²) in [6.45, 7) is 1.45. The molecule has 1 rings (SSSR count). The van der Waals surface area contributed by atoms with Crippen molar-refractivity contribution in [2.24, 2.45) is 5.73 Å². The Bertz CT molecular complexity index is 375. The van der Waals surface area contributed by atoms with Crippen LogP contribution in [-0.4, -0.2) is 42.3 Å². The molecule has 0 fully saturated rings. The molecule has 3 N–H and O–H groups in total. The number of sulfonamides is 1. The lowest BCUT2D eigenvalue weighted by molar-refractivity contribution is 0.541. The molecule has 1 aromatic heterocycles. The fourth-order valence-electron chi connectivity index (χ4n) is 1.17. The summed E-state index contributed by atoms with van der Waals surface area (Å²) in [6, 6.07) is 0. The molecule has 0 unspecified atom stereocenters. The van der Waals surface area contributed by atoms with Crippen molar-refractivity contribution in [3.8, 4) is 0 Å². The van der Waals surface area contributed by atoms with Crippen molar-refractivity contribution in [3.63, 3.8) is 0 Å². The number of nitrogens with two attached hydrogens (primary N) is 1. The van der Waals surface area contributed by atoms with Gasteiger partial charge in [-0.2, -0.15) is 0 Å². The highest BCUT2D eigenvalue weighted by Gasteiger charge is 2.07. The van der Waals surface area contributed by atoms with E-state index in [1.54, 1.807) is 17.1 Å². The minimum atomic E-state index is -3.16. The van der Waals surface area contributed by atoms with Crippen LogP contribution in [0.2, 0.25) is 0 Å². The molecular formula is C8H17N5O2S. The Morgan fingerprint density at radius 1 is 1.38 bits per heavy atom. The Kier molecular flexibility index (Phi) is 5.36. The number of aromatic nitrogens is 3. The highest BCUT2D eigenvalue weighted by atomic mass is 32.2. The molecule has 0 radical (unpaired) electrons. The maximum atomic E-state index is 11.3. The topological polar surface area (TPSA) is 103 Å². The van der Waals surface area contributed by atoms with Gasteiger partial charge in [-0.15, -0.1) is 5.10 Å². The molecule has 92 valence electrons. The molecule has 16 heavy (non-hydrogen) atoms. The monoisotopic (exact) mass is 247 g/mol. The van der Waals surface area contributed by atoms with Crippen molar-refractivity contribution in [2.75, 3.05) is 18.8 Å². The quantitative estimate of drug-likeness (QED) is 0.570. The molecule has 0 saturated heterocycles. The van der Waals surface area contributed by atoms with Crippen molar-refractivity contribution in [1.82, 2.24) is 19.7 Å². The minimum Gasteiger partial charge on any atom is -0.330 e. The van der Waals surface area contributed by atoms with Gasteiger partial charge in [0.15, 0.2) is 0 Å². The van der Waals surface area contributed by atoms with Crippen LogP contribution in [0.5, 0.6) is 0 Å². The molecule has 7 nitrogen and oxygen atoms in total. The fraction of sp³-hybridized carbons (Fsp3) is 0.750. The normalized spacial score (nSPS) is 11.8. The van der Waals surface area contributed by atoms with E-state index in [4.69, 9.17) is 5.73 Å². The van der Waals surface area contributed by atoms with Gasteiger partial charge in [-0.3, -0.25) is 4.68 Å². The number of aryl methyl sites for hydroxylation is 1. The molecule has 0 aliphatic carbocycles. The summed E-state index contributed by atoms with van der Waals surface area (Å²) in [7, 11) is -3.16. The molecular weight excluding hydrogens is 230 g/mol. The third-order valence-electron chi connectivity index (χ3n) is 1.98. The lowest BCUT2D eigenvalue weighted by atomic mass is 10.4. The number of nitrogens with one attached hydrogen (secondary N) is 1. The van der Waals surface area contributed by atoms with Gasteiger partial charge in [0, 0.05) is 19.3 Å². The van der Waals surface area contributed by atoms with E-state index < -0.39 is 10.0 Å². The SMILES string of the molecule is NCCCS(=O)(=O)NCCCn1ccnn1. The number of hydrogen-bond donors (Lipinski definition) is 2. The van der Waals surface area contributed by atoms with Gasteiger partial charge >= 0.3 is 0 Å². The molecule has 0 aliphatic heterocycles. The molecule has 0 atom stereocenters. The molecule has 0 amide bonds. The summed E-state index contributed by atoms with van der Waals surface area (Å²) >= 11 is 0. The Balaban J connectivity index is 2.15. The zero-order valence-corrected chi connectivity index (χ0v) is 9.86. The Morgan fingerprint density at radius 2 is 2.19 bits per heavy atom. The number of nitrogens with zero attached hydrogens (tertiary/aromatic N) is 3. The Labute approximate surface area is 95.1 Å². The van der Waals surface area contributed by atoms with Gasteiger partial charge in [-0.25, -0.2) is 13.1 Å². The van der Waals surface area contributed by atoms with Gasteiger partial charge in [0.25, 0.3) is 0 Å². The van der Waals surface area contributed by atoms with Crippen LogP contribution in [0.1, 0.15) is 12.8 Å². The molecule has 8 heteroatoms. The van der Waals surface area contributed by atoms with Crippen LogP contribution < -0.4 is 10.5 Å². The minimum absolute atomic E-state index is 0.0901. The van der Waals surface area contributed by atoms with Gasteiger partial charge in [0.1, 0.15) is 0 Å². The number of hydrogen-bond acceptors (Lipinski definition) is 5. The second-order valence-electron chi connectivity index (χ2n) is 3.38. The van der Waals surface area contributed by atoms with E-state index in [9.17, 15) is 8.42 Å². The fourth-order valence-corrected chi connectivity index (χ4v) is 2.31. The van der Waals surface area contributed by atoms with Crippen LogP contribution in [0, 0.1) is 0 Å². The first-order chi connectivity index (χ1) is 7.64. The van der Waals surface area contributed by atoms with E-state index in [0.717, 1.165) is 0 Å². The lowest BCUT2D eigenvalue weighted by Gasteiger charge is -2.05. The van der Waals surface area contributed by atoms with Gasteiger partial charge in [0.05, 0.1) is 11.9 Å². The van der Waals surface area contributed by atoms with Crippen LogP contribution >= 0.6 is 0 Å².